The van der Waals surface area contributed by atoms with Gasteiger partial charge in [-0.1, -0.05) is 50.8 Å². The van der Waals surface area contributed by atoms with E-state index in [0.29, 0.717) is 28.8 Å². The van der Waals surface area contributed by atoms with Crippen LogP contribution in [-0.4, -0.2) is 32.6 Å². The number of nitrogens with zero attached hydrogens (tertiary/aromatic N) is 3. The molecule has 1 aromatic rings. The summed E-state index contributed by atoms with van der Waals surface area (Å²) in [5.41, 5.74) is 0. The Morgan fingerprint density at radius 1 is 1.17 bits per heavy atom. The molecule has 0 aliphatic heterocycles. The molecule has 2 fully saturated rings. The SMILES string of the molecule is CC1CCCCC1NC(=O)CSc1nnc(C2CCCCC2)n1N. The molecule has 7 heteroatoms. The van der Waals surface area contributed by atoms with Crippen molar-refractivity contribution >= 4 is 17.7 Å². The summed E-state index contributed by atoms with van der Waals surface area (Å²) in [5.74, 6) is 8.45. The molecule has 2 aliphatic carbocycles. The molecule has 2 saturated carbocycles. The Balaban J connectivity index is 1.51. The van der Waals surface area contributed by atoms with Crippen molar-refractivity contribution in [1.29, 1.82) is 0 Å². The van der Waals surface area contributed by atoms with Crippen molar-refractivity contribution in [2.45, 2.75) is 81.8 Å². The lowest BCUT2D eigenvalue weighted by atomic mass is 9.86. The monoisotopic (exact) mass is 351 g/mol. The topological polar surface area (TPSA) is 85.8 Å². The zero-order valence-electron chi connectivity index (χ0n) is 14.5. The van der Waals surface area contributed by atoms with Crippen molar-refractivity contribution in [2.75, 3.05) is 11.6 Å². The maximum atomic E-state index is 12.2. The Bertz CT molecular complexity index is 555. The molecule has 3 rings (SSSR count). The molecule has 2 aliphatic rings. The average molecular weight is 352 g/mol. The molecular weight excluding hydrogens is 322 g/mol. The van der Waals surface area contributed by atoms with Gasteiger partial charge >= 0.3 is 0 Å². The highest BCUT2D eigenvalue weighted by atomic mass is 32.2. The Kier molecular flexibility index (Phi) is 6.03. The maximum Gasteiger partial charge on any atom is 0.230 e. The molecule has 0 aromatic carbocycles. The normalized spacial score (nSPS) is 25.5. The van der Waals surface area contributed by atoms with Crippen molar-refractivity contribution in [3.8, 4) is 0 Å². The summed E-state index contributed by atoms with van der Waals surface area (Å²) in [4.78, 5) is 12.2. The lowest BCUT2D eigenvalue weighted by molar-refractivity contribution is -0.119. The van der Waals surface area contributed by atoms with E-state index in [1.165, 1.54) is 50.3 Å². The van der Waals surface area contributed by atoms with Crippen LogP contribution in [0.3, 0.4) is 0 Å². The minimum absolute atomic E-state index is 0.0703. The number of carbonyl (C=O) groups excluding carboxylic acids is 1. The predicted octanol–water partition coefficient (Wildman–Crippen LogP) is 2.83. The smallest absolute Gasteiger partial charge is 0.230 e. The van der Waals surface area contributed by atoms with Crippen LogP contribution >= 0.6 is 11.8 Å². The van der Waals surface area contributed by atoms with E-state index < -0.39 is 0 Å². The first-order valence-electron chi connectivity index (χ1n) is 9.27. The molecule has 0 spiro atoms. The number of nitrogens with two attached hydrogens (primary N) is 1. The highest BCUT2D eigenvalue weighted by Gasteiger charge is 2.24. The van der Waals surface area contributed by atoms with E-state index in [1.54, 1.807) is 4.68 Å². The van der Waals surface area contributed by atoms with Crippen molar-refractivity contribution in [2.24, 2.45) is 5.92 Å². The minimum Gasteiger partial charge on any atom is -0.352 e. The van der Waals surface area contributed by atoms with Gasteiger partial charge in [-0.3, -0.25) is 4.79 Å². The lowest BCUT2D eigenvalue weighted by Crippen LogP contribution is -2.41. The first-order valence-corrected chi connectivity index (χ1v) is 10.3. The van der Waals surface area contributed by atoms with Crippen LogP contribution in [0.4, 0.5) is 0 Å². The number of hydrogen-bond donors (Lipinski definition) is 2. The predicted molar refractivity (Wildman–Crippen MR) is 96.3 cm³/mol. The average Bonchev–Trinajstić information content (AvgIpc) is 2.97. The van der Waals surface area contributed by atoms with Crippen LogP contribution in [0.5, 0.6) is 0 Å². The second-order valence-corrected chi connectivity index (χ2v) is 8.21. The van der Waals surface area contributed by atoms with Crippen molar-refractivity contribution in [3.05, 3.63) is 5.82 Å². The molecule has 1 amide bonds. The number of amides is 1. The molecule has 2 atom stereocenters. The van der Waals surface area contributed by atoms with E-state index in [4.69, 9.17) is 5.84 Å². The first-order chi connectivity index (χ1) is 11.6. The van der Waals surface area contributed by atoms with Gasteiger partial charge in [-0.05, 0) is 31.6 Å². The summed E-state index contributed by atoms with van der Waals surface area (Å²) in [5, 5.41) is 12.3. The van der Waals surface area contributed by atoms with E-state index in [2.05, 4.69) is 22.4 Å². The fraction of sp³-hybridized carbons (Fsp3) is 0.824. The van der Waals surface area contributed by atoms with Crippen molar-refractivity contribution in [3.63, 3.8) is 0 Å². The number of aromatic nitrogens is 3. The first kappa shape index (κ1) is 17.6. The Labute approximate surface area is 148 Å². The van der Waals surface area contributed by atoms with E-state index >= 15 is 0 Å². The third-order valence-corrected chi connectivity index (χ3v) is 6.39. The molecule has 1 heterocycles. The molecule has 0 saturated heterocycles. The Hall–Kier alpha value is -1.24. The van der Waals surface area contributed by atoms with Crippen molar-refractivity contribution in [1.82, 2.24) is 20.2 Å². The zero-order valence-corrected chi connectivity index (χ0v) is 15.4. The number of rotatable bonds is 5. The third kappa shape index (κ3) is 4.23. The Morgan fingerprint density at radius 2 is 1.88 bits per heavy atom. The van der Waals surface area contributed by atoms with Crippen LogP contribution < -0.4 is 11.2 Å². The fourth-order valence-electron chi connectivity index (χ4n) is 3.94. The molecule has 3 N–H and O–H groups in total. The van der Waals surface area contributed by atoms with Gasteiger partial charge in [-0.15, -0.1) is 10.2 Å². The molecule has 0 radical (unpaired) electrons. The van der Waals surface area contributed by atoms with Crippen LogP contribution in [0.25, 0.3) is 0 Å². The van der Waals surface area contributed by atoms with Gasteiger partial charge in [0.2, 0.25) is 11.1 Å². The van der Waals surface area contributed by atoms with Crippen LogP contribution in [0.15, 0.2) is 5.16 Å². The third-order valence-electron chi connectivity index (χ3n) is 5.45. The molecule has 2 unspecified atom stereocenters. The van der Waals surface area contributed by atoms with Crippen LogP contribution in [0.1, 0.15) is 76.5 Å². The van der Waals surface area contributed by atoms with Crippen LogP contribution in [-0.2, 0) is 4.79 Å². The summed E-state index contributed by atoms with van der Waals surface area (Å²) in [6.45, 7) is 2.23. The molecule has 0 bridgehead atoms. The zero-order chi connectivity index (χ0) is 16.9. The quantitative estimate of drug-likeness (QED) is 0.629. The van der Waals surface area contributed by atoms with Gasteiger partial charge in [-0.25, -0.2) is 4.68 Å². The summed E-state index contributed by atoms with van der Waals surface area (Å²) < 4.78 is 1.59. The highest BCUT2D eigenvalue weighted by molar-refractivity contribution is 7.99. The van der Waals surface area contributed by atoms with E-state index in [9.17, 15) is 4.79 Å². The fourth-order valence-corrected chi connectivity index (χ4v) is 4.61. The summed E-state index contributed by atoms with van der Waals surface area (Å²) in [7, 11) is 0. The molecule has 6 nitrogen and oxygen atoms in total. The highest BCUT2D eigenvalue weighted by Crippen LogP contribution is 2.32. The van der Waals surface area contributed by atoms with Crippen molar-refractivity contribution < 1.29 is 4.79 Å². The number of carbonyl (C=O) groups is 1. The van der Waals surface area contributed by atoms with E-state index in [0.717, 1.165) is 25.1 Å². The van der Waals surface area contributed by atoms with Gasteiger partial charge < -0.3 is 11.2 Å². The number of nitrogen functional groups attached to an aromatic ring is 1. The maximum absolute atomic E-state index is 12.2. The second-order valence-electron chi connectivity index (χ2n) is 7.27. The molecule has 1 aromatic heterocycles. The van der Waals surface area contributed by atoms with E-state index in [-0.39, 0.29) is 5.91 Å². The van der Waals surface area contributed by atoms with Crippen LogP contribution in [0, 0.1) is 5.92 Å². The van der Waals surface area contributed by atoms with Gasteiger partial charge in [0.1, 0.15) is 0 Å². The summed E-state index contributed by atoms with van der Waals surface area (Å²) in [6.07, 6.45) is 10.9. The standard InChI is InChI=1S/C17H29N5OS/c1-12-7-5-6-10-14(12)19-15(23)11-24-17-21-20-16(22(17)18)13-8-3-2-4-9-13/h12-14H,2-11,18H2,1H3,(H,19,23). The van der Waals surface area contributed by atoms with Gasteiger partial charge in [0.15, 0.2) is 5.82 Å². The summed E-state index contributed by atoms with van der Waals surface area (Å²) >= 11 is 1.38. The molecule has 134 valence electrons. The number of nitrogens with one attached hydrogen (secondary N) is 1. The molecular formula is C17H29N5OS. The number of thioether (sulfide) groups is 1. The van der Waals surface area contributed by atoms with Gasteiger partial charge in [-0.2, -0.15) is 0 Å². The minimum atomic E-state index is 0.0703. The van der Waals surface area contributed by atoms with Crippen LogP contribution in [0.2, 0.25) is 0 Å². The second kappa shape index (κ2) is 8.23. The molecule has 24 heavy (non-hydrogen) atoms. The van der Waals surface area contributed by atoms with Gasteiger partial charge in [0.05, 0.1) is 5.75 Å². The van der Waals surface area contributed by atoms with Gasteiger partial charge in [0.25, 0.3) is 0 Å². The lowest BCUT2D eigenvalue weighted by Gasteiger charge is -2.29. The number of hydrogen-bond acceptors (Lipinski definition) is 5. The largest absolute Gasteiger partial charge is 0.352 e. The summed E-state index contributed by atoms with van der Waals surface area (Å²) in [6, 6.07) is 0.320. The van der Waals surface area contributed by atoms with E-state index in [1.807, 2.05) is 0 Å². The van der Waals surface area contributed by atoms with Gasteiger partial charge in [0, 0.05) is 12.0 Å². The Morgan fingerprint density at radius 3 is 2.62 bits per heavy atom.